The van der Waals surface area contributed by atoms with Gasteiger partial charge in [-0.3, -0.25) is 9.78 Å². The number of aromatic nitrogens is 1. The van der Waals surface area contributed by atoms with Crippen molar-refractivity contribution in [1.82, 2.24) is 10.3 Å². The van der Waals surface area contributed by atoms with Crippen LogP contribution in [0, 0.1) is 35.0 Å². The normalized spacial score (nSPS) is 30.0. The number of nitrogens with zero attached hydrogens (tertiary/aromatic N) is 2. The van der Waals surface area contributed by atoms with Crippen LogP contribution in [-0.2, 0) is 4.79 Å². The molecule has 154 valence electrons. The Balaban J connectivity index is 1.59. The van der Waals surface area contributed by atoms with Crippen molar-refractivity contribution >= 4 is 12.0 Å². The lowest BCUT2D eigenvalue weighted by atomic mass is 9.64. The molecule has 1 aliphatic carbocycles. The van der Waals surface area contributed by atoms with E-state index in [1.165, 1.54) is 0 Å². The Morgan fingerprint density at radius 1 is 1.23 bits per heavy atom. The lowest BCUT2D eigenvalue weighted by molar-refractivity contribution is -0.144. The largest absolute Gasteiger partial charge is 0.353 e. The van der Waals surface area contributed by atoms with Gasteiger partial charge < -0.3 is 5.32 Å². The lowest BCUT2D eigenvalue weighted by Crippen LogP contribution is -2.46. The Morgan fingerprint density at radius 2 is 2.00 bits per heavy atom. The van der Waals surface area contributed by atoms with E-state index in [1.54, 1.807) is 31.3 Å². The van der Waals surface area contributed by atoms with Crippen molar-refractivity contribution in [3.63, 3.8) is 0 Å². The zero-order valence-corrected chi connectivity index (χ0v) is 16.8. The summed E-state index contributed by atoms with van der Waals surface area (Å²) < 4.78 is 29.1. The van der Waals surface area contributed by atoms with Gasteiger partial charge in [0.15, 0.2) is 0 Å². The fraction of sp³-hybridized carbons (Fsp3) is 0.375. The number of nitriles is 1. The predicted octanol–water partition coefficient (Wildman–Crippen LogP) is 4.68. The molecule has 1 saturated heterocycles. The van der Waals surface area contributed by atoms with Gasteiger partial charge in [0.1, 0.15) is 0 Å². The number of carbonyl (C=O) groups excluding carboxylic acids is 1. The molecule has 5 unspecified atom stereocenters. The lowest BCUT2D eigenvalue weighted by Gasteiger charge is -2.42. The molecule has 1 aromatic heterocycles. The fourth-order valence-electron chi connectivity index (χ4n) is 4.88. The van der Waals surface area contributed by atoms with Gasteiger partial charge in [-0.05, 0) is 37.0 Å². The van der Waals surface area contributed by atoms with Crippen LogP contribution in [-0.4, -0.2) is 22.9 Å². The van der Waals surface area contributed by atoms with E-state index in [2.05, 4.69) is 16.4 Å². The second-order valence-corrected chi connectivity index (χ2v) is 8.30. The molecule has 0 spiro atoms. The molecule has 4 rings (SSSR count). The summed E-state index contributed by atoms with van der Waals surface area (Å²) in [5.74, 6) is -5.23. The maximum atomic E-state index is 14.6. The summed E-state index contributed by atoms with van der Waals surface area (Å²) in [7, 11) is 0. The quantitative estimate of drug-likeness (QED) is 0.804. The van der Waals surface area contributed by atoms with Gasteiger partial charge in [-0.1, -0.05) is 37.3 Å². The first-order valence-electron chi connectivity index (χ1n) is 10.1. The number of rotatable bonds is 3. The predicted molar refractivity (Wildman–Crippen MR) is 110 cm³/mol. The van der Waals surface area contributed by atoms with Gasteiger partial charge >= 0.3 is 0 Å². The molecular weight excluding hydrogens is 384 g/mol. The third kappa shape index (κ3) is 3.49. The van der Waals surface area contributed by atoms with Crippen molar-refractivity contribution < 1.29 is 13.6 Å². The van der Waals surface area contributed by atoms with Gasteiger partial charge in [-0.2, -0.15) is 5.26 Å². The maximum Gasteiger partial charge on any atom is 0.252 e. The van der Waals surface area contributed by atoms with Gasteiger partial charge in [0, 0.05) is 41.6 Å². The standard InChI is InChI=1S/C24H23F2N3O/c1-14-19(22-15(2)29-23(30)21(22)11-24(14,25)26)10-9-18-8-7-17(13-28-18)20-6-4-3-5-16(20)12-27/h3-10,13-15,19,21-22H,11H2,1-2H3,(H,29,30). The van der Waals surface area contributed by atoms with E-state index in [4.69, 9.17) is 0 Å². The molecule has 1 N–H and O–H groups in total. The Labute approximate surface area is 174 Å². The minimum Gasteiger partial charge on any atom is -0.353 e. The number of allylic oxidation sites excluding steroid dienone is 1. The summed E-state index contributed by atoms with van der Waals surface area (Å²) >= 11 is 0. The van der Waals surface area contributed by atoms with E-state index in [-0.39, 0.29) is 24.3 Å². The molecule has 4 nitrogen and oxygen atoms in total. The van der Waals surface area contributed by atoms with E-state index in [1.807, 2.05) is 37.3 Å². The maximum absolute atomic E-state index is 14.6. The van der Waals surface area contributed by atoms with E-state index in [0.717, 1.165) is 11.1 Å². The number of hydrogen-bond acceptors (Lipinski definition) is 3. The zero-order chi connectivity index (χ0) is 21.5. The first-order chi connectivity index (χ1) is 14.3. The van der Waals surface area contributed by atoms with Gasteiger partial charge in [0.2, 0.25) is 5.91 Å². The highest BCUT2D eigenvalue weighted by atomic mass is 19.3. The molecule has 6 heteroatoms. The Bertz CT molecular complexity index is 1030. The van der Waals surface area contributed by atoms with Crippen molar-refractivity contribution in [3.8, 4) is 17.2 Å². The Morgan fingerprint density at radius 3 is 2.70 bits per heavy atom. The van der Waals surface area contributed by atoms with Gasteiger partial charge in [0.25, 0.3) is 5.92 Å². The number of alkyl halides is 2. The number of pyridine rings is 1. The van der Waals surface area contributed by atoms with Crippen LogP contribution in [0.15, 0.2) is 48.7 Å². The number of nitrogens with one attached hydrogen (secondary N) is 1. The van der Waals surface area contributed by atoms with Crippen LogP contribution in [0.2, 0.25) is 0 Å². The van der Waals surface area contributed by atoms with Crippen LogP contribution in [0.3, 0.4) is 0 Å². The number of hydrogen-bond donors (Lipinski definition) is 1. The Kier molecular flexibility index (Phi) is 5.15. The molecular formula is C24H23F2N3O. The average Bonchev–Trinajstić information content (AvgIpc) is 3.01. The van der Waals surface area contributed by atoms with Crippen LogP contribution in [0.25, 0.3) is 17.2 Å². The summed E-state index contributed by atoms with van der Waals surface area (Å²) in [4.78, 5) is 16.6. The van der Waals surface area contributed by atoms with E-state index >= 15 is 0 Å². The summed E-state index contributed by atoms with van der Waals surface area (Å²) in [6, 6.07) is 13.0. The summed E-state index contributed by atoms with van der Waals surface area (Å²) in [5, 5.41) is 12.1. The number of carbonyl (C=O) groups is 1. The highest BCUT2D eigenvalue weighted by molar-refractivity contribution is 5.82. The molecule has 5 atom stereocenters. The summed E-state index contributed by atoms with van der Waals surface area (Å²) in [6.45, 7) is 3.45. The van der Waals surface area contributed by atoms with Crippen LogP contribution >= 0.6 is 0 Å². The van der Waals surface area contributed by atoms with E-state index < -0.39 is 23.7 Å². The highest BCUT2D eigenvalue weighted by Crippen LogP contribution is 2.51. The summed E-state index contributed by atoms with van der Waals surface area (Å²) in [5.41, 5.74) is 2.84. The van der Waals surface area contributed by atoms with Crippen molar-refractivity contribution in [2.75, 3.05) is 0 Å². The topological polar surface area (TPSA) is 65.8 Å². The van der Waals surface area contributed by atoms with Crippen LogP contribution in [0.5, 0.6) is 0 Å². The molecule has 0 bridgehead atoms. The van der Waals surface area contributed by atoms with Gasteiger partial charge in [0.05, 0.1) is 17.3 Å². The van der Waals surface area contributed by atoms with Crippen LogP contribution in [0.1, 0.15) is 31.5 Å². The molecule has 1 aromatic carbocycles. The molecule has 1 aliphatic heterocycles. The first kappa shape index (κ1) is 20.2. The van der Waals surface area contributed by atoms with Crippen molar-refractivity contribution in [2.24, 2.45) is 23.7 Å². The van der Waals surface area contributed by atoms with Crippen molar-refractivity contribution in [2.45, 2.75) is 32.2 Å². The monoisotopic (exact) mass is 407 g/mol. The van der Waals surface area contributed by atoms with Crippen molar-refractivity contribution in [3.05, 3.63) is 59.9 Å². The second-order valence-electron chi connectivity index (χ2n) is 8.30. The van der Waals surface area contributed by atoms with Gasteiger partial charge in [-0.25, -0.2) is 8.78 Å². The molecule has 30 heavy (non-hydrogen) atoms. The third-order valence-corrected chi connectivity index (χ3v) is 6.56. The molecule has 1 saturated carbocycles. The van der Waals surface area contributed by atoms with E-state index in [0.29, 0.717) is 11.3 Å². The van der Waals surface area contributed by atoms with Crippen LogP contribution in [0.4, 0.5) is 8.78 Å². The second kappa shape index (κ2) is 7.64. The number of amides is 1. The fourth-order valence-corrected chi connectivity index (χ4v) is 4.88. The molecule has 0 radical (unpaired) electrons. The van der Waals surface area contributed by atoms with Gasteiger partial charge in [-0.15, -0.1) is 0 Å². The SMILES string of the molecule is CC1NC(=O)C2CC(F)(F)C(C)C(C=Cc3ccc(-c4ccccc4C#N)cn3)C12. The smallest absolute Gasteiger partial charge is 0.252 e. The minimum absolute atomic E-state index is 0.131. The third-order valence-electron chi connectivity index (χ3n) is 6.56. The number of halogens is 2. The number of benzene rings is 1. The highest BCUT2D eigenvalue weighted by Gasteiger charge is 2.57. The molecule has 2 aliphatic rings. The average molecular weight is 407 g/mol. The first-order valence-corrected chi connectivity index (χ1v) is 10.1. The zero-order valence-electron chi connectivity index (χ0n) is 16.8. The molecule has 2 fully saturated rings. The summed E-state index contributed by atoms with van der Waals surface area (Å²) in [6.07, 6.45) is 4.85. The van der Waals surface area contributed by atoms with E-state index in [9.17, 15) is 18.8 Å². The van der Waals surface area contributed by atoms with Crippen LogP contribution < -0.4 is 5.32 Å². The Hall–Kier alpha value is -3.07. The molecule has 2 heterocycles. The number of fused-ring (bicyclic) bond motifs is 1. The minimum atomic E-state index is -2.88. The van der Waals surface area contributed by atoms with Crippen molar-refractivity contribution in [1.29, 1.82) is 5.26 Å². The molecule has 1 amide bonds. The molecule has 2 aromatic rings.